The minimum atomic E-state index is -0.237. The highest BCUT2D eigenvalue weighted by Gasteiger charge is 2.16. The molecule has 5 heteroatoms. The molecule has 0 radical (unpaired) electrons. The van der Waals surface area contributed by atoms with Crippen molar-refractivity contribution < 1.29 is 18.7 Å². The predicted molar refractivity (Wildman–Crippen MR) is 84.8 cm³/mol. The quantitative estimate of drug-likeness (QED) is 0.765. The SMILES string of the molecule is O=C(CCc1ncc(-c2ccccc2)o1)OCC1CCCCO1. The van der Waals surface area contributed by atoms with Gasteiger partial charge in [0.15, 0.2) is 11.7 Å². The summed E-state index contributed by atoms with van der Waals surface area (Å²) in [6.07, 6.45) is 5.65. The van der Waals surface area contributed by atoms with Gasteiger partial charge in [-0.1, -0.05) is 30.3 Å². The molecular formula is C18H21NO4. The van der Waals surface area contributed by atoms with Crippen molar-refractivity contribution >= 4 is 5.97 Å². The van der Waals surface area contributed by atoms with E-state index in [0.717, 1.165) is 31.4 Å². The number of hydrogen-bond donors (Lipinski definition) is 0. The van der Waals surface area contributed by atoms with Gasteiger partial charge in [-0.05, 0) is 19.3 Å². The van der Waals surface area contributed by atoms with E-state index < -0.39 is 0 Å². The zero-order valence-electron chi connectivity index (χ0n) is 13.1. The Balaban J connectivity index is 1.43. The summed E-state index contributed by atoms with van der Waals surface area (Å²) in [4.78, 5) is 16.0. The lowest BCUT2D eigenvalue weighted by atomic mass is 10.1. The molecule has 122 valence electrons. The molecule has 0 saturated carbocycles. The third-order valence-corrected chi connectivity index (χ3v) is 3.86. The first kappa shape index (κ1) is 15.7. The van der Waals surface area contributed by atoms with Gasteiger partial charge in [0.2, 0.25) is 0 Å². The molecule has 1 fully saturated rings. The predicted octanol–water partition coefficient (Wildman–Crippen LogP) is 3.39. The second-order valence-corrected chi connectivity index (χ2v) is 5.66. The van der Waals surface area contributed by atoms with Crippen LogP contribution in [0, 0.1) is 0 Å². The highest BCUT2D eigenvalue weighted by atomic mass is 16.6. The standard InChI is InChI=1S/C18H21NO4/c20-18(22-13-15-8-4-5-11-21-15)10-9-17-19-12-16(23-17)14-6-2-1-3-7-14/h1-3,6-7,12,15H,4-5,8-11,13H2. The van der Waals surface area contributed by atoms with Gasteiger partial charge in [0.1, 0.15) is 6.61 Å². The van der Waals surface area contributed by atoms with Crippen LogP contribution in [0.3, 0.4) is 0 Å². The van der Waals surface area contributed by atoms with E-state index in [-0.39, 0.29) is 18.5 Å². The first-order valence-electron chi connectivity index (χ1n) is 8.08. The number of ether oxygens (including phenoxy) is 2. The molecule has 0 N–H and O–H groups in total. The number of benzene rings is 1. The Bertz CT molecular complexity index is 617. The molecule has 2 aromatic rings. The van der Waals surface area contributed by atoms with Crippen molar-refractivity contribution in [2.45, 2.75) is 38.2 Å². The molecule has 1 saturated heterocycles. The fourth-order valence-electron chi connectivity index (χ4n) is 2.57. The van der Waals surface area contributed by atoms with Gasteiger partial charge in [-0.25, -0.2) is 4.98 Å². The Kier molecular flexibility index (Phi) is 5.42. The number of aromatic nitrogens is 1. The van der Waals surface area contributed by atoms with Gasteiger partial charge in [0.05, 0.1) is 18.7 Å². The largest absolute Gasteiger partial charge is 0.463 e. The Morgan fingerprint density at radius 3 is 2.91 bits per heavy atom. The number of oxazole rings is 1. The molecule has 1 aromatic heterocycles. The summed E-state index contributed by atoms with van der Waals surface area (Å²) in [6.45, 7) is 1.11. The zero-order chi connectivity index (χ0) is 15.9. The third kappa shape index (κ3) is 4.66. The molecule has 1 aliphatic rings. The molecule has 1 aromatic carbocycles. The monoisotopic (exact) mass is 315 g/mol. The number of hydrogen-bond acceptors (Lipinski definition) is 5. The minimum Gasteiger partial charge on any atom is -0.463 e. The Hall–Kier alpha value is -2.14. The molecule has 1 unspecified atom stereocenters. The normalized spacial score (nSPS) is 17.8. The van der Waals surface area contributed by atoms with Crippen LogP contribution in [0.5, 0.6) is 0 Å². The Morgan fingerprint density at radius 2 is 2.13 bits per heavy atom. The number of nitrogens with zero attached hydrogens (tertiary/aromatic N) is 1. The van der Waals surface area contributed by atoms with Gasteiger partial charge >= 0.3 is 5.97 Å². The van der Waals surface area contributed by atoms with Gasteiger partial charge in [-0.3, -0.25) is 4.79 Å². The number of carbonyl (C=O) groups is 1. The van der Waals surface area contributed by atoms with E-state index in [1.165, 1.54) is 0 Å². The molecule has 1 atom stereocenters. The van der Waals surface area contributed by atoms with E-state index in [1.54, 1.807) is 6.20 Å². The maximum Gasteiger partial charge on any atom is 0.306 e. The first-order valence-corrected chi connectivity index (χ1v) is 8.08. The number of rotatable bonds is 6. The van der Waals surface area contributed by atoms with Gasteiger partial charge in [0, 0.05) is 18.6 Å². The number of aryl methyl sites for hydroxylation is 1. The molecule has 23 heavy (non-hydrogen) atoms. The Morgan fingerprint density at radius 1 is 1.26 bits per heavy atom. The van der Waals surface area contributed by atoms with Crippen molar-refractivity contribution in [3.63, 3.8) is 0 Å². The lowest BCUT2D eigenvalue weighted by molar-refractivity contribution is -0.149. The summed E-state index contributed by atoms with van der Waals surface area (Å²) >= 11 is 0. The summed E-state index contributed by atoms with van der Waals surface area (Å²) in [7, 11) is 0. The molecule has 1 aliphatic heterocycles. The van der Waals surface area contributed by atoms with E-state index in [9.17, 15) is 4.79 Å². The van der Waals surface area contributed by atoms with E-state index in [2.05, 4.69) is 4.98 Å². The lowest BCUT2D eigenvalue weighted by Gasteiger charge is -2.21. The summed E-state index contributed by atoms with van der Waals surface area (Å²) < 4.78 is 16.5. The van der Waals surface area contributed by atoms with E-state index >= 15 is 0 Å². The molecule has 2 heterocycles. The highest BCUT2D eigenvalue weighted by molar-refractivity contribution is 5.69. The molecule has 0 spiro atoms. The highest BCUT2D eigenvalue weighted by Crippen LogP contribution is 2.20. The topological polar surface area (TPSA) is 61.6 Å². The maximum absolute atomic E-state index is 11.8. The van der Waals surface area contributed by atoms with Crippen LogP contribution in [0.1, 0.15) is 31.6 Å². The molecule has 0 amide bonds. The Labute approximate surface area is 135 Å². The van der Waals surface area contributed by atoms with Gasteiger partial charge in [-0.2, -0.15) is 0 Å². The van der Waals surface area contributed by atoms with E-state index in [0.29, 0.717) is 24.7 Å². The van der Waals surface area contributed by atoms with E-state index in [4.69, 9.17) is 13.9 Å². The molecule has 0 aliphatic carbocycles. The smallest absolute Gasteiger partial charge is 0.306 e. The second-order valence-electron chi connectivity index (χ2n) is 5.66. The van der Waals surface area contributed by atoms with Gasteiger partial charge < -0.3 is 13.9 Å². The summed E-state index contributed by atoms with van der Waals surface area (Å²) in [5.41, 5.74) is 0.975. The van der Waals surface area contributed by atoms with E-state index in [1.807, 2.05) is 30.3 Å². The summed E-state index contributed by atoms with van der Waals surface area (Å²) in [6, 6.07) is 9.77. The van der Waals surface area contributed by atoms with Crippen LogP contribution in [0.15, 0.2) is 40.9 Å². The first-order chi connectivity index (χ1) is 11.3. The maximum atomic E-state index is 11.8. The minimum absolute atomic E-state index is 0.0547. The van der Waals surface area contributed by atoms with Crippen LogP contribution in [0.2, 0.25) is 0 Å². The third-order valence-electron chi connectivity index (χ3n) is 3.86. The molecule has 5 nitrogen and oxygen atoms in total. The van der Waals surface area contributed by atoms with Crippen LogP contribution < -0.4 is 0 Å². The number of carbonyl (C=O) groups excluding carboxylic acids is 1. The average molecular weight is 315 g/mol. The van der Waals surface area contributed by atoms with Crippen molar-refractivity contribution in [1.29, 1.82) is 0 Å². The van der Waals surface area contributed by atoms with Crippen LogP contribution >= 0.6 is 0 Å². The van der Waals surface area contributed by atoms with Crippen molar-refractivity contribution in [2.24, 2.45) is 0 Å². The van der Waals surface area contributed by atoms with Crippen LogP contribution in [0.4, 0.5) is 0 Å². The molecule has 3 rings (SSSR count). The van der Waals surface area contributed by atoms with Crippen LogP contribution in [0.25, 0.3) is 11.3 Å². The van der Waals surface area contributed by atoms with Crippen molar-refractivity contribution in [3.8, 4) is 11.3 Å². The van der Waals surface area contributed by atoms with Crippen LogP contribution in [-0.2, 0) is 20.7 Å². The van der Waals surface area contributed by atoms with Crippen molar-refractivity contribution in [1.82, 2.24) is 4.98 Å². The number of esters is 1. The van der Waals surface area contributed by atoms with Crippen LogP contribution in [-0.4, -0.2) is 30.3 Å². The second kappa shape index (κ2) is 7.92. The lowest BCUT2D eigenvalue weighted by Crippen LogP contribution is -2.26. The fraction of sp³-hybridized carbons (Fsp3) is 0.444. The average Bonchev–Trinajstić information content (AvgIpc) is 3.09. The molecular weight excluding hydrogens is 294 g/mol. The summed E-state index contributed by atoms with van der Waals surface area (Å²) in [5, 5.41) is 0. The fourth-order valence-corrected chi connectivity index (χ4v) is 2.57. The van der Waals surface area contributed by atoms with Crippen molar-refractivity contribution in [3.05, 3.63) is 42.4 Å². The van der Waals surface area contributed by atoms with Gasteiger partial charge in [-0.15, -0.1) is 0 Å². The summed E-state index contributed by atoms with van der Waals surface area (Å²) in [5.74, 6) is 1.03. The zero-order valence-corrected chi connectivity index (χ0v) is 13.1. The van der Waals surface area contributed by atoms with Crippen molar-refractivity contribution in [2.75, 3.05) is 13.2 Å². The van der Waals surface area contributed by atoms with Gasteiger partial charge in [0.25, 0.3) is 0 Å². The molecule has 0 bridgehead atoms.